The lowest BCUT2D eigenvalue weighted by atomic mass is 10.0. The Morgan fingerprint density at radius 1 is 1.07 bits per heavy atom. The Morgan fingerprint density at radius 3 is 2.47 bits per heavy atom. The molecule has 0 aliphatic heterocycles. The third-order valence-electron chi connectivity index (χ3n) is 2.12. The van der Waals surface area contributed by atoms with Gasteiger partial charge < -0.3 is 9.52 Å². The van der Waals surface area contributed by atoms with Crippen LogP contribution < -0.4 is 0 Å². The molecule has 1 aromatic heterocycles. The van der Waals surface area contributed by atoms with E-state index >= 15 is 0 Å². The molecule has 0 aliphatic carbocycles. The molecule has 2 nitrogen and oxygen atoms in total. The zero-order chi connectivity index (χ0) is 10.8. The molecule has 0 spiro atoms. The minimum absolute atomic E-state index is 0.287. The van der Waals surface area contributed by atoms with E-state index in [1.807, 2.05) is 0 Å². The van der Waals surface area contributed by atoms with E-state index in [1.54, 1.807) is 6.07 Å². The van der Waals surface area contributed by atoms with Crippen molar-refractivity contribution in [1.29, 1.82) is 0 Å². The van der Waals surface area contributed by atoms with Crippen LogP contribution in [0.5, 0.6) is 0 Å². The Morgan fingerprint density at radius 2 is 1.87 bits per heavy atom. The average molecular weight is 210 g/mol. The molecule has 78 valence electrons. The second-order valence-electron chi connectivity index (χ2n) is 3.13. The number of aliphatic hydroxyl groups excluding tert-OH is 1. The molecule has 0 bridgehead atoms. The van der Waals surface area contributed by atoms with Crippen molar-refractivity contribution in [1.82, 2.24) is 0 Å². The molecule has 0 radical (unpaired) electrons. The van der Waals surface area contributed by atoms with Gasteiger partial charge in [0.15, 0.2) is 11.6 Å². The summed E-state index contributed by atoms with van der Waals surface area (Å²) in [5.41, 5.74) is 0.788. The zero-order valence-corrected chi connectivity index (χ0v) is 7.65. The van der Waals surface area contributed by atoms with Gasteiger partial charge in [0.2, 0.25) is 0 Å². The molecule has 1 atom stereocenters. The quantitative estimate of drug-likeness (QED) is 0.826. The van der Waals surface area contributed by atoms with Gasteiger partial charge in [-0.25, -0.2) is 8.78 Å². The summed E-state index contributed by atoms with van der Waals surface area (Å²) in [6.07, 6.45) is 1.75. The summed E-state index contributed by atoms with van der Waals surface area (Å²) in [5, 5.41) is 9.75. The van der Waals surface area contributed by atoms with E-state index in [0.29, 0.717) is 5.56 Å². The highest BCUT2D eigenvalue weighted by Gasteiger charge is 2.13. The largest absolute Gasteiger partial charge is 0.472 e. The van der Waals surface area contributed by atoms with Crippen LogP contribution >= 0.6 is 0 Å². The fourth-order valence-corrected chi connectivity index (χ4v) is 1.31. The lowest BCUT2D eigenvalue weighted by Gasteiger charge is -2.08. The third kappa shape index (κ3) is 1.89. The van der Waals surface area contributed by atoms with Crippen molar-refractivity contribution in [3.05, 3.63) is 59.6 Å². The van der Waals surface area contributed by atoms with Crippen molar-refractivity contribution in [2.45, 2.75) is 6.10 Å². The Labute approximate surface area is 84.8 Å². The van der Waals surface area contributed by atoms with Crippen LogP contribution in [0.1, 0.15) is 17.2 Å². The SMILES string of the molecule is O[C@H](c1ccoc1)c1ccc(F)c(F)c1. The maximum absolute atomic E-state index is 12.9. The van der Waals surface area contributed by atoms with Crippen molar-refractivity contribution in [2.75, 3.05) is 0 Å². The highest BCUT2D eigenvalue weighted by molar-refractivity contribution is 5.28. The van der Waals surface area contributed by atoms with Gasteiger partial charge in [0.1, 0.15) is 6.10 Å². The molecule has 0 aliphatic rings. The summed E-state index contributed by atoms with van der Waals surface area (Å²) >= 11 is 0. The van der Waals surface area contributed by atoms with Crippen LogP contribution in [0.4, 0.5) is 8.78 Å². The second-order valence-corrected chi connectivity index (χ2v) is 3.13. The Kier molecular flexibility index (Phi) is 2.51. The Hall–Kier alpha value is -1.68. The van der Waals surface area contributed by atoms with Crippen molar-refractivity contribution in [3.8, 4) is 0 Å². The molecule has 0 saturated heterocycles. The maximum Gasteiger partial charge on any atom is 0.159 e. The number of furan rings is 1. The van der Waals surface area contributed by atoms with Gasteiger partial charge >= 0.3 is 0 Å². The van der Waals surface area contributed by atoms with Gasteiger partial charge in [-0.3, -0.25) is 0 Å². The van der Waals surface area contributed by atoms with E-state index in [9.17, 15) is 13.9 Å². The average Bonchev–Trinajstić information content (AvgIpc) is 2.74. The summed E-state index contributed by atoms with van der Waals surface area (Å²) in [6, 6.07) is 4.84. The lowest BCUT2D eigenvalue weighted by molar-refractivity contribution is 0.218. The molecule has 15 heavy (non-hydrogen) atoms. The molecular formula is C11H8F2O2. The standard InChI is InChI=1S/C11H8F2O2/c12-9-2-1-7(5-10(9)13)11(14)8-3-4-15-6-8/h1-6,11,14H/t11-/m0/s1. The Bertz CT molecular complexity index is 452. The van der Waals surface area contributed by atoms with Crippen LogP contribution in [-0.4, -0.2) is 5.11 Å². The third-order valence-corrected chi connectivity index (χ3v) is 2.12. The smallest absolute Gasteiger partial charge is 0.159 e. The fraction of sp³-hybridized carbons (Fsp3) is 0.0909. The molecular weight excluding hydrogens is 202 g/mol. The summed E-state index contributed by atoms with van der Waals surface area (Å²) in [6.45, 7) is 0. The molecule has 0 fully saturated rings. The maximum atomic E-state index is 12.9. The molecule has 2 rings (SSSR count). The van der Waals surface area contributed by atoms with Gasteiger partial charge in [-0.2, -0.15) is 0 Å². The minimum atomic E-state index is -1.00. The molecule has 1 N–H and O–H groups in total. The molecule has 0 amide bonds. The minimum Gasteiger partial charge on any atom is -0.472 e. The van der Waals surface area contributed by atoms with Gasteiger partial charge in [0.25, 0.3) is 0 Å². The summed E-state index contributed by atoms with van der Waals surface area (Å²) in [7, 11) is 0. The first-order chi connectivity index (χ1) is 7.18. The van der Waals surface area contributed by atoms with Crippen LogP contribution in [0.15, 0.2) is 41.2 Å². The van der Waals surface area contributed by atoms with Crippen LogP contribution in [-0.2, 0) is 0 Å². The number of hydrogen-bond acceptors (Lipinski definition) is 2. The number of hydrogen-bond donors (Lipinski definition) is 1. The van der Waals surface area contributed by atoms with Crippen molar-refractivity contribution in [2.24, 2.45) is 0 Å². The summed E-state index contributed by atoms with van der Waals surface area (Å²) < 4.78 is 30.3. The topological polar surface area (TPSA) is 33.4 Å². The van der Waals surface area contributed by atoms with Crippen LogP contribution in [0, 0.1) is 11.6 Å². The van der Waals surface area contributed by atoms with Gasteiger partial charge in [0.05, 0.1) is 12.5 Å². The van der Waals surface area contributed by atoms with E-state index in [2.05, 4.69) is 0 Å². The van der Waals surface area contributed by atoms with Crippen LogP contribution in [0.25, 0.3) is 0 Å². The predicted molar refractivity (Wildman–Crippen MR) is 49.1 cm³/mol. The van der Waals surface area contributed by atoms with Crippen molar-refractivity contribution in [3.63, 3.8) is 0 Å². The highest BCUT2D eigenvalue weighted by atomic mass is 19.2. The normalized spacial score (nSPS) is 12.7. The molecule has 4 heteroatoms. The number of benzene rings is 1. The van der Waals surface area contributed by atoms with E-state index in [0.717, 1.165) is 12.1 Å². The van der Waals surface area contributed by atoms with E-state index in [1.165, 1.54) is 18.6 Å². The number of rotatable bonds is 2. The molecule has 1 heterocycles. The van der Waals surface area contributed by atoms with Gasteiger partial charge in [0, 0.05) is 5.56 Å². The first-order valence-electron chi connectivity index (χ1n) is 4.33. The first-order valence-corrected chi connectivity index (χ1v) is 4.33. The molecule has 0 saturated carbocycles. The predicted octanol–water partition coefficient (Wildman–Crippen LogP) is 2.64. The fourth-order valence-electron chi connectivity index (χ4n) is 1.31. The zero-order valence-electron chi connectivity index (χ0n) is 7.65. The first kappa shape index (κ1) is 9.86. The lowest BCUT2D eigenvalue weighted by Crippen LogP contribution is -1.99. The second kappa shape index (κ2) is 3.82. The van der Waals surface area contributed by atoms with Crippen LogP contribution in [0.3, 0.4) is 0 Å². The molecule has 0 unspecified atom stereocenters. The van der Waals surface area contributed by atoms with Crippen molar-refractivity contribution < 1.29 is 18.3 Å². The molecule has 2 aromatic rings. The molecule has 1 aromatic carbocycles. The van der Waals surface area contributed by atoms with Crippen LogP contribution in [0.2, 0.25) is 0 Å². The monoisotopic (exact) mass is 210 g/mol. The summed E-state index contributed by atoms with van der Waals surface area (Å²) in [4.78, 5) is 0. The van der Waals surface area contributed by atoms with Crippen molar-refractivity contribution >= 4 is 0 Å². The van der Waals surface area contributed by atoms with E-state index in [4.69, 9.17) is 4.42 Å². The van der Waals surface area contributed by atoms with Gasteiger partial charge in [-0.05, 0) is 23.8 Å². The number of aliphatic hydroxyl groups is 1. The van der Waals surface area contributed by atoms with Gasteiger partial charge in [-0.1, -0.05) is 6.07 Å². The highest BCUT2D eigenvalue weighted by Crippen LogP contribution is 2.23. The Balaban J connectivity index is 2.34. The van der Waals surface area contributed by atoms with E-state index < -0.39 is 17.7 Å². The van der Waals surface area contributed by atoms with Gasteiger partial charge in [-0.15, -0.1) is 0 Å². The number of halogens is 2. The van der Waals surface area contributed by atoms with E-state index in [-0.39, 0.29) is 5.56 Å². The summed E-state index contributed by atoms with van der Waals surface area (Å²) in [5.74, 6) is -1.91.